The molecule has 8 heteroatoms. The van der Waals surface area contributed by atoms with Gasteiger partial charge in [-0.15, -0.1) is 0 Å². The van der Waals surface area contributed by atoms with Gasteiger partial charge in [-0.05, 0) is 68.7 Å². The highest BCUT2D eigenvalue weighted by atomic mass is 32.2. The monoisotopic (exact) mass is 520 g/mol. The van der Waals surface area contributed by atoms with Crippen LogP contribution >= 0.6 is 0 Å². The van der Waals surface area contributed by atoms with E-state index in [0.29, 0.717) is 11.3 Å². The molecule has 0 aromatic heterocycles. The Morgan fingerprint density at radius 2 is 1.69 bits per heavy atom. The molecule has 1 aromatic carbocycles. The van der Waals surface area contributed by atoms with Crippen molar-refractivity contribution in [1.82, 2.24) is 4.72 Å². The summed E-state index contributed by atoms with van der Waals surface area (Å²) in [4.78, 5) is 23.1. The number of nitrogens with zero attached hydrogens (tertiary/aromatic N) is 1. The molecule has 1 unspecified atom stereocenters. The summed E-state index contributed by atoms with van der Waals surface area (Å²) in [6.07, 6.45) is 3.63. The number of allylic oxidation sites excluding steroid dienone is 4. The largest absolute Gasteiger partial charge is 0.491 e. The average Bonchev–Trinajstić information content (AvgIpc) is 2.79. The number of carbonyl (C=O) groups excluding carboxylic acids is 1. The highest BCUT2D eigenvalue weighted by Crippen LogP contribution is 2.41. The van der Waals surface area contributed by atoms with Crippen LogP contribution in [0.1, 0.15) is 92.7 Å². The van der Waals surface area contributed by atoms with E-state index in [-0.39, 0.29) is 28.8 Å². The van der Waals surface area contributed by atoms with Crippen LogP contribution in [0.15, 0.2) is 45.5 Å². The van der Waals surface area contributed by atoms with Crippen molar-refractivity contribution < 1.29 is 17.9 Å². The second-order valence-electron chi connectivity index (χ2n) is 10.5. The van der Waals surface area contributed by atoms with Gasteiger partial charge in [0.05, 0.1) is 4.91 Å². The Morgan fingerprint density at radius 1 is 1.11 bits per heavy atom. The number of nitroso groups, excluding NO2 is 1. The lowest BCUT2D eigenvalue weighted by atomic mass is 9.70. The number of hydrogen-bond acceptors (Lipinski definition) is 6. The van der Waals surface area contributed by atoms with Crippen molar-refractivity contribution in [2.75, 3.05) is 6.61 Å². The van der Waals surface area contributed by atoms with Gasteiger partial charge in [0.2, 0.25) is 5.91 Å². The van der Waals surface area contributed by atoms with Gasteiger partial charge < -0.3 is 4.74 Å². The minimum atomic E-state index is -3.89. The van der Waals surface area contributed by atoms with Crippen LogP contribution in [0, 0.1) is 17.2 Å². The first-order chi connectivity index (χ1) is 16.6. The molecule has 1 rings (SSSR count). The summed E-state index contributed by atoms with van der Waals surface area (Å²) < 4.78 is 33.3. The van der Waals surface area contributed by atoms with Crippen LogP contribution < -0.4 is 9.46 Å². The van der Waals surface area contributed by atoms with E-state index in [1.54, 1.807) is 13.8 Å². The molecule has 1 aromatic rings. The molecule has 0 aliphatic rings. The molecule has 0 aliphatic carbocycles. The molecule has 0 fully saturated rings. The van der Waals surface area contributed by atoms with Crippen LogP contribution in [-0.2, 0) is 20.2 Å². The standard InChI is InChI=1S/C28H44N2O5S/c1-11-26(31)30-36(33,34)22(7)19(4)16-21(6)28(12-2,13-3)23-14-15-24(20(5)17-23)35-18-25(29-32)27(8,9)10/h14-17,25H,11-13,18H2,1-10H3,(H,30,31)/b21-16+,22-19+. The van der Waals surface area contributed by atoms with Crippen molar-refractivity contribution in [2.24, 2.45) is 10.6 Å². The number of benzene rings is 1. The van der Waals surface area contributed by atoms with E-state index in [9.17, 15) is 18.1 Å². The van der Waals surface area contributed by atoms with Crippen molar-refractivity contribution in [3.05, 3.63) is 56.4 Å². The molecule has 0 heterocycles. The number of rotatable bonds is 12. The van der Waals surface area contributed by atoms with E-state index in [4.69, 9.17) is 4.74 Å². The van der Waals surface area contributed by atoms with Gasteiger partial charge >= 0.3 is 0 Å². The molecule has 1 amide bonds. The predicted molar refractivity (Wildman–Crippen MR) is 147 cm³/mol. The number of carbonyl (C=O) groups is 1. The zero-order valence-electron chi connectivity index (χ0n) is 23.6. The molecule has 202 valence electrons. The fourth-order valence-corrected chi connectivity index (χ4v) is 5.31. The van der Waals surface area contributed by atoms with Gasteiger partial charge in [-0.25, -0.2) is 13.1 Å². The number of hydrogen-bond donors (Lipinski definition) is 1. The maximum atomic E-state index is 12.6. The molecular weight excluding hydrogens is 476 g/mol. The summed E-state index contributed by atoms with van der Waals surface area (Å²) in [5.74, 6) is 0.180. The van der Waals surface area contributed by atoms with Crippen molar-refractivity contribution in [3.8, 4) is 5.75 Å². The Morgan fingerprint density at radius 3 is 2.14 bits per heavy atom. The molecule has 1 N–H and O–H groups in total. The van der Waals surface area contributed by atoms with E-state index in [1.165, 1.54) is 6.92 Å². The van der Waals surface area contributed by atoms with Crippen molar-refractivity contribution in [3.63, 3.8) is 0 Å². The maximum absolute atomic E-state index is 12.6. The van der Waals surface area contributed by atoms with Crippen LogP contribution in [0.25, 0.3) is 0 Å². The number of sulfonamides is 1. The summed E-state index contributed by atoms with van der Waals surface area (Å²) in [5, 5.41) is 3.24. The van der Waals surface area contributed by atoms with Crippen LogP contribution in [0.2, 0.25) is 0 Å². The highest BCUT2D eigenvalue weighted by molar-refractivity contribution is 7.93. The molecule has 0 saturated heterocycles. The number of ether oxygens (including phenoxy) is 1. The SMILES string of the molecule is CCC(=O)NS(=O)(=O)/C(C)=C(C)/C=C(\C)C(CC)(CC)c1ccc(OCC(N=O)C(C)(C)C)c(C)c1. The van der Waals surface area contributed by atoms with E-state index in [2.05, 4.69) is 29.8 Å². The smallest absolute Gasteiger partial charge is 0.260 e. The first-order valence-corrected chi connectivity index (χ1v) is 14.1. The third kappa shape index (κ3) is 7.51. The second-order valence-corrected chi connectivity index (χ2v) is 12.3. The van der Waals surface area contributed by atoms with Gasteiger partial charge in [-0.2, -0.15) is 4.91 Å². The van der Waals surface area contributed by atoms with Crippen LogP contribution in [0.5, 0.6) is 5.75 Å². The van der Waals surface area contributed by atoms with Crippen molar-refractivity contribution in [1.29, 1.82) is 0 Å². The molecule has 36 heavy (non-hydrogen) atoms. The average molecular weight is 521 g/mol. The molecule has 1 atom stereocenters. The lowest BCUT2D eigenvalue weighted by Crippen LogP contribution is -2.31. The van der Waals surface area contributed by atoms with E-state index < -0.39 is 22.0 Å². The first kappa shape index (κ1) is 31.5. The van der Waals surface area contributed by atoms with Gasteiger partial charge in [0.25, 0.3) is 10.0 Å². The van der Waals surface area contributed by atoms with Gasteiger partial charge in [0.1, 0.15) is 18.4 Å². The summed E-state index contributed by atoms with van der Waals surface area (Å²) in [6.45, 7) is 19.2. The Hall–Kier alpha value is -2.48. The van der Waals surface area contributed by atoms with Crippen LogP contribution in [0.4, 0.5) is 0 Å². The predicted octanol–water partition coefficient (Wildman–Crippen LogP) is 6.71. The fraction of sp³-hybridized carbons (Fsp3) is 0.607. The third-order valence-electron chi connectivity index (χ3n) is 7.17. The van der Waals surface area contributed by atoms with Gasteiger partial charge in [-0.3, -0.25) is 4.79 Å². The normalized spacial score (nSPS) is 14.7. The Bertz CT molecular complexity index is 1110. The number of aryl methyl sites for hydroxylation is 1. The summed E-state index contributed by atoms with van der Waals surface area (Å²) in [5.41, 5.74) is 3.10. The minimum absolute atomic E-state index is 0.0940. The summed E-state index contributed by atoms with van der Waals surface area (Å²) in [6, 6.07) is 5.62. The molecule has 7 nitrogen and oxygen atoms in total. The van der Waals surface area contributed by atoms with E-state index >= 15 is 0 Å². The van der Waals surface area contributed by atoms with E-state index in [1.807, 2.05) is 52.8 Å². The quantitative estimate of drug-likeness (QED) is 0.244. The fourth-order valence-electron chi connectivity index (χ4n) is 4.23. The molecular formula is C28H44N2O5S. The number of amides is 1. The molecule has 0 aliphatic heterocycles. The summed E-state index contributed by atoms with van der Waals surface area (Å²) in [7, 11) is -3.89. The zero-order valence-corrected chi connectivity index (χ0v) is 24.4. The molecule has 0 spiro atoms. The topological polar surface area (TPSA) is 102 Å². The van der Waals surface area contributed by atoms with Crippen LogP contribution in [0.3, 0.4) is 0 Å². The lowest BCUT2D eigenvalue weighted by Gasteiger charge is -2.35. The molecule has 0 radical (unpaired) electrons. The molecule has 0 bridgehead atoms. The lowest BCUT2D eigenvalue weighted by molar-refractivity contribution is -0.119. The minimum Gasteiger partial charge on any atom is -0.491 e. The van der Waals surface area contributed by atoms with Gasteiger partial charge in [0.15, 0.2) is 0 Å². The Kier molecular flexibility index (Phi) is 11.1. The third-order valence-corrected chi connectivity index (χ3v) is 8.80. The van der Waals surface area contributed by atoms with Gasteiger partial charge in [-0.1, -0.05) is 70.5 Å². The molecule has 0 saturated carbocycles. The van der Waals surface area contributed by atoms with Crippen molar-refractivity contribution >= 4 is 15.9 Å². The maximum Gasteiger partial charge on any atom is 0.260 e. The van der Waals surface area contributed by atoms with Crippen LogP contribution in [-0.4, -0.2) is 27.0 Å². The second kappa shape index (κ2) is 12.7. The Balaban J connectivity index is 3.39. The van der Waals surface area contributed by atoms with Crippen molar-refractivity contribution in [2.45, 2.75) is 100.0 Å². The number of nitrogens with one attached hydrogen (secondary N) is 1. The Labute approximate surface area is 217 Å². The van der Waals surface area contributed by atoms with E-state index in [0.717, 1.165) is 29.5 Å². The zero-order chi connectivity index (χ0) is 27.9. The van der Waals surface area contributed by atoms with Gasteiger partial charge in [0, 0.05) is 11.8 Å². The highest BCUT2D eigenvalue weighted by Gasteiger charge is 2.32. The summed E-state index contributed by atoms with van der Waals surface area (Å²) >= 11 is 0. The first-order valence-electron chi connectivity index (χ1n) is 12.6.